The first-order chi connectivity index (χ1) is 6.74. The van der Waals surface area contributed by atoms with E-state index in [2.05, 4.69) is 12.2 Å². The molecule has 0 heterocycles. The molecule has 14 heavy (non-hydrogen) atoms. The molecule has 3 heteroatoms. The van der Waals surface area contributed by atoms with Crippen LogP contribution in [0.4, 0.5) is 0 Å². The maximum atomic E-state index is 5.79. The second kappa shape index (κ2) is 6.07. The van der Waals surface area contributed by atoms with Crippen LogP contribution >= 0.6 is 23.2 Å². The van der Waals surface area contributed by atoms with Gasteiger partial charge in [-0.1, -0.05) is 41.4 Å². The summed E-state index contributed by atoms with van der Waals surface area (Å²) in [5, 5.41) is 4.07. The number of nitrogens with one attached hydrogen (secondary N) is 1. The molecule has 0 radical (unpaired) electrons. The molecule has 0 aliphatic rings. The van der Waals surface area contributed by atoms with E-state index in [1.54, 1.807) is 0 Å². The van der Waals surface area contributed by atoms with Crippen molar-refractivity contribution in [1.29, 1.82) is 0 Å². The van der Waals surface area contributed by atoms with Crippen molar-refractivity contribution in [3.8, 4) is 0 Å². The van der Waals surface area contributed by atoms with Crippen molar-refractivity contribution in [2.45, 2.75) is 13.0 Å². The Hall–Kier alpha value is -0.500. The number of rotatable bonds is 4. The average Bonchev–Trinajstić information content (AvgIpc) is 2.19. The maximum Gasteiger partial charge on any atom is 0.0406 e. The zero-order valence-corrected chi connectivity index (χ0v) is 9.52. The Kier molecular flexibility index (Phi) is 5.02. The van der Waals surface area contributed by atoms with Gasteiger partial charge in [0.15, 0.2) is 0 Å². The summed E-state index contributed by atoms with van der Waals surface area (Å²) in [7, 11) is 0. The smallest absolute Gasteiger partial charge is 0.0406 e. The highest BCUT2D eigenvalue weighted by molar-refractivity contribution is 6.30. The molecule has 1 aromatic carbocycles. The van der Waals surface area contributed by atoms with Crippen molar-refractivity contribution >= 4 is 23.2 Å². The number of hydrogen-bond acceptors (Lipinski definition) is 1. The summed E-state index contributed by atoms with van der Waals surface area (Å²) in [5.41, 5.74) is 2.74. The summed E-state index contributed by atoms with van der Waals surface area (Å²) in [6, 6.07) is 8.13. The lowest BCUT2D eigenvalue weighted by atomic mass is 10.1. The molecule has 0 bridgehead atoms. The molecular formula is C11H13Cl2N. The summed E-state index contributed by atoms with van der Waals surface area (Å²) < 4.78 is 0. The van der Waals surface area contributed by atoms with Crippen LogP contribution in [0.3, 0.4) is 0 Å². The first-order valence-corrected chi connectivity index (χ1v) is 5.29. The second-order valence-corrected chi connectivity index (χ2v) is 3.73. The van der Waals surface area contributed by atoms with E-state index < -0.39 is 0 Å². The Bertz CT molecular complexity index is 293. The zero-order chi connectivity index (χ0) is 10.4. The lowest BCUT2D eigenvalue weighted by Crippen LogP contribution is -2.18. The first kappa shape index (κ1) is 11.6. The minimum absolute atomic E-state index is 0.306. The Morgan fingerprint density at radius 3 is 2.57 bits per heavy atom. The van der Waals surface area contributed by atoms with Gasteiger partial charge in [-0.3, -0.25) is 0 Å². The van der Waals surface area contributed by atoms with Gasteiger partial charge in [-0.25, -0.2) is 0 Å². The van der Waals surface area contributed by atoms with E-state index in [1.165, 1.54) is 11.1 Å². The molecule has 0 fully saturated rings. The van der Waals surface area contributed by atoms with Gasteiger partial charge < -0.3 is 5.32 Å². The zero-order valence-electron chi connectivity index (χ0n) is 8.00. The Labute approximate surface area is 94.7 Å². The maximum absolute atomic E-state index is 5.79. The molecule has 1 N–H and O–H groups in total. The summed E-state index contributed by atoms with van der Waals surface area (Å²) in [5.74, 6) is 0. The average molecular weight is 230 g/mol. The molecule has 1 nitrogen and oxygen atoms in total. The molecule has 0 unspecified atom stereocenters. The van der Waals surface area contributed by atoms with Gasteiger partial charge in [0.05, 0.1) is 0 Å². The van der Waals surface area contributed by atoms with Gasteiger partial charge in [0.2, 0.25) is 0 Å². The molecule has 0 saturated carbocycles. The van der Waals surface area contributed by atoms with Crippen molar-refractivity contribution < 1.29 is 0 Å². The van der Waals surface area contributed by atoms with E-state index in [-0.39, 0.29) is 0 Å². The van der Waals surface area contributed by atoms with Crippen molar-refractivity contribution in [3.05, 3.63) is 46.5 Å². The third-order valence-corrected chi connectivity index (χ3v) is 2.43. The highest BCUT2D eigenvalue weighted by atomic mass is 35.5. The molecule has 0 aromatic heterocycles. The summed E-state index contributed by atoms with van der Waals surface area (Å²) in [6.07, 6.45) is 1.87. The fourth-order valence-electron chi connectivity index (χ4n) is 1.16. The van der Waals surface area contributed by atoms with Gasteiger partial charge in [-0.15, -0.1) is 0 Å². The summed E-state index contributed by atoms with van der Waals surface area (Å²) in [6.45, 7) is 2.87. The standard InChI is InChI=1S/C11H13Cl2N/c1-9(14-8-2-7-12)10-3-5-11(13)6-4-10/h2-7,9,14H,8H2,1H3/b7-2+/t9-/m1/s1. The fraction of sp³-hybridized carbons (Fsp3) is 0.273. The van der Waals surface area contributed by atoms with Crippen molar-refractivity contribution in [2.24, 2.45) is 0 Å². The van der Waals surface area contributed by atoms with E-state index in [4.69, 9.17) is 23.2 Å². The minimum atomic E-state index is 0.306. The normalized spacial score (nSPS) is 13.4. The van der Waals surface area contributed by atoms with Crippen LogP contribution < -0.4 is 5.32 Å². The Morgan fingerprint density at radius 2 is 2.00 bits per heavy atom. The van der Waals surface area contributed by atoms with Crippen molar-refractivity contribution in [3.63, 3.8) is 0 Å². The monoisotopic (exact) mass is 229 g/mol. The van der Waals surface area contributed by atoms with Crippen LogP contribution in [0.5, 0.6) is 0 Å². The largest absolute Gasteiger partial charge is 0.307 e. The lowest BCUT2D eigenvalue weighted by molar-refractivity contribution is 0.617. The van der Waals surface area contributed by atoms with E-state index in [1.807, 2.05) is 30.3 Å². The van der Waals surface area contributed by atoms with Crippen LogP contribution in [0.15, 0.2) is 35.9 Å². The molecule has 0 saturated heterocycles. The van der Waals surface area contributed by atoms with E-state index in [0.29, 0.717) is 6.04 Å². The molecule has 1 aromatic rings. The Morgan fingerprint density at radius 1 is 1.36 bits per heavy atom. The van der Waals surface area contributed by atoms with E-state index >= 15 is 0 Å². The third kappa shape index (κ3) is 3.70. The fourth-order valence-corrected chi connectivity index (χ4v) is 1.37. The predicted molar refractivity (Wildman–Crippen MR) is 62.9 cm³/mol. The van der Waals surface area contributed by atoms with Crippen LogP contribution in [0.1, 0.15) is 18.5 Å². The highest BCUT2D eigenvalue weighted by Crippen LogP contribution is 2.15. The molecule has 76 valence electrons. The molecule has 0 spiro atoms. The third-order valence-electron chi connectivity index (χ3n) is 2.00. The van der Waals surface area contributed by atoms with Crippen LogP contribution in [-0.4, -0.2) is 6.54 Å². The van der Waals surface area contributed by atoms with Gasteiger partial charge in [0.1, 0.15) is 0 Å². The van der Waals surface area contributed by atoms with Gasteiger partial charge in [0, 0.05) is 23.1 Å². The second-order valence-electron chi connectivity index (χ2n) is 3.04. The molecule has 1 rings (SSSR count). The van der Waals surface area contributed by atoms with Crippen LogP contribution in [0.2, 0.25) is 5.02 Å². The van der Waals surface area contributed by atoms with E-state index in [0.717, 1.165) is 11.6 Å². The lowest BCUT2D eigenvalue weighted by Gasteiger charge is -2.12. The molecule has 0 aliphatic carbocycles. The van der Waals surface area contributed by atoms with Gasteiger partial charge in [-0.05, 0) is 24.6 Å². The summed E-state index contributed by atoms with van der Waals surface area (Å²) >= 11 is 11.2. The molecule has 1 atom stereocenters. The van der Waals surface area contributed by atoms with Gasteiger partial charge >= 0.3 is 0 Å². The SMILES string of the molecule is C[C@@H](NC/C=C/Cl)c1ccc(Cl)cc1. The van der Waals surface area contributed by atoms with Crippen LogP contribution in [0.25, 0.3) is 0 Å². The number of hydrogen-bond donors (Lipinski definition) is 1. The molecular weight excluding hydrogens is 217 g/mol. The topological polar surface area (TPSA) is 12.0 Å². The number of benzene rings is 1. The predicted octanol–water partition coefficient (Wildman–Crippen LogP) is 3.74. The molecule has 0 aliphatic heterocycles. The first-order valence-electron chi connectivity index (χ1n) is 4.48. The Balaban J connectivity index is 2.51. The number of halogens is 2. The summed E-state index contributed by atoms with van der Waals surface area (Å²) in [4.78, 5) is 0. The van der Waals surface area contributed by atoms with Crippen LogP contribution in [-0.2, 0) is 0 Å². The van der Waals surface area contributed by atoms with Crippen LogP contribution in [0, 0.1) is 0 Å². The van der Waals surface area contributed by atoms with E-state index in [9.17, 15) is 0 Å². The van der Waals surface area contributed by atoms with Gasteiger partial charge in [0.25, 0.3) is 0 Å². The van der Waals surface area contributed by atoms with Crippen molar-refractivity contribution in [2.75, 3.05) is 6.54 Å². The minimum Gasteiger partial charge on any atom is -0.307 e. The van der Waals surface area contributed by atoms with Crippen molar-refractivity contribution in [1.82, 2.24) is 5.32 Å². The van der Waals surface area contributed by atoms with Gasteiger partial charge in [-0.2, -0.15) is 0 Å². The highest BCUT2D eigenvalue weighted by Gasteiger charge is 2.02. The molecule has 0 amide bonds. The quantitative estimate of drug-likeness (QED) is 0.830.